The minimum absolute atomic E-state index is 0.0501. The van der Waals surface area contributed by atoms with Crippen molar-refractivity contribution in [3.63, 3.8) is 0 Å². The predicted octanol–water partition coefficient (Wildman–Crippen LogP) is 3.79. The van der Waals surface area contributed by atoms with Crippen molar-refractivity contribution in [3.05, 3.63) is 64.4 Å². The Morgan fingerprint density at radius 3 is 2.81 bits per heavy atom. The van der Waals surface area contributed by atoms with Crippen molar-refractivity contribution in [2.75, 3.05) is 6.61 Å². The van der Waals surface area contributed by atoms with Crippen LogP contribution in [0.3, 0.4) is 0 Å². The fourth-order valence-corrected chi connectivity index (χ4v) is 1.88. The molecule has 0 saturated carbocycles. The lowest BCUT2D eigenvalue weighted by Crippen LogP contribution is -1.96. The van der Waals surface area contributed by atoms with Gasteiger partial charge in [0.25, 0.3) is 0 Å². The van der Waals surface area contributed by atoms with Crippen LogP contribution in [0.15, 0.2) is 42.5 Å². The Balaban J connectivity index is 2.01. The molecule has 4 heteroatoms. The molecule has 0 unspecified atom stereocenters. The second-order valence-electron chi connectivity index (χ2n) is 4.34. The predicted molar refractivity (Wildman–Crippen MR) is 80.8 cm³/mol. The molecule has 0 spiro atoms. The molecule has 1 N–H and O–H groups in total. The third-order valence-corrected chi connectivity index (χ3v) is 2.98. The highest BCUT2D eigenvalue weighted by Gasteiger charge is 2.02. The summed E-state index contributed by atoms with van der Waals surface area (Å²) in [5.41, 5.74) is 1.61. The molecule has 0 radical (unpaired) electrons. The van der Waals surface area contributed by atoms with E-state index in [1.807, 2.05) is 24.3 Å². The lowest BCUT2D eigenvalue weighted by molar-refractivity contribution is 0.305. The van der Waals surface area contributed by atoms with Crippen LogP contribution >= 0.6 is 11.6 Å². The van der Waals surface area contributed by atoms with E-state index in [-0.39, 0.29) is 11.6 Å². The van der Waals surface area contributed by atoms with Gasteiger partial charge in [0.15, 0.2) is 0 Å². The average Bonchev–Trinajstić information content (AvgIpc) is 2.49. The van der Waals surface area contributed by atoms with Gasteiger partial charge in [-0.05, 0) is 35.9 Å². The molecule has 21 heavy (non-hydrogen) atoms. The smallest absolute Gasteiger partial charge is 0.141 e. The molecule has 0 bridgehead atoms. The van der Waals surface area contributed by atoms with Gasteiger partial charge < -0.3 is 9.84 Å². The Morgan fingerprint density at radius 1 is 1.19 bits per heavy atom. The highest BCUT2D eigenvalue weighted by atomic mass is 35.5. The molecule has 2 aromatic rings. The average molecular weight is 305 g/mol. The molecule has 0 aliphatic heterocycles. The Bertz CT molecular complexity index is 674. The lowest BCUT2D eigenvalue weighted by atomic mass is 10.2. The van der Waals surface area contributed by atoms with Crippen LogP contribution in [0.4, 0.5) is 4.39 Å². The quantitative estimate of drug-likeness (QED) is 0.871. The van der Waals surface area contributed by atoms with Crippen molar-refractivity contribution in [1.29, 1.82) is 0 Å². The number of ether oxygens (including phenoxy) is 1. The molecule has 2 nitrogen and oxygen atoms in total. The number of hydrogen-bond donors (Lipinski definition) is 1. The number of benzene rings is 2. The Morgan fingerprint density at radius 2 is 2.05 bits per heavy atom. The second kappa shape index (κ2) is 7.68. The summed E-state index contributed by atoms with van der Waals surface area (Å²) < 4.78 is 18.7. The number of rotatable bonds is 4. The summed E-state index contributed by atoms with van der Waals surface area (Å²) >= 11 is 5.72. The van der Waals surface area contributed by atoms with Gasteiger partial charge in [-0.25, -0.2) is 4.39 Å². The molecule has 0 aromatic heterocycles. The zero-order valence-corrected chi connectivity index (χ0v) is 12.0. The van der Waals surface area contributed by atoms with Crippen LogP contribution in [-0.4, -0.2) is 11.7 Å². The van der Waals surface area contributed by atoms with Gasteiger partial charge in [0.2, 0.25) is 0 Å². The molecule has 2 aromatic carbocycles. The first kappa shape index (κ1) is 15.4. The zero-order chi connectivity index (χ0) is 15.1. The van der Waals surface area contributed by atoms with E-state index in [0.717, 1.165) is 11.1 Å². The minimum atomic E-state index is -0.443. The van der Waals surface area contributed by atoms with Gasteiger partial charge in [-0.1, -0.05) is 35.6 Å². The van der Waals surface area contributed by atoms with Crippen LogP contribution in [0.2, 0.25) is 5.02 Å². The summed E-state index contributed by atoms with van der Waals surface area (Å²) in [5, 5.41) is 8.77. The zero-order valence-electron chi connectivity index (χ0n) is 11.3. The number of halogens is 2. The van der Waals surface area contributed by atoms with E-state index in [9.17, 15) is 4.39 Å². The third kappa shape index (κ3) is 4.78. The van der Waals surface area contributed by atoms with Gasteiger partial charge in [-0.2, -0.15) is 0 Å². The Hall–Kier alpha value is -2.02. The Labute approximate surface area is 128 Å². The summed E-state index contributed by atoms with van der Waals surface area (Å²) in [6.45, 7) is 0.349. The van der Waals surface area contributed by atoms with Gasteiger partial charge in [-0.3, -0.25) is 0 Å². The molecule has 0 atom stereocenters. The van der Waals surface area contributed by atoms with E-state index in [2.05, 4.69) is 11.8 Å². The molecule has 108 valence electrons. The summed E-state index contributed by atoms with van der Waals surface area (Å²) in [7, 11) is 0. The number of aliphatic hydroxyl groups excluding tert-OH is 1. The molecule has 0 aliphatic rings. The standard InChI is InChI=1S/C17H14ClFO2/c18-16-11-14(7-8-17(16)19)12-21-15-6-3-5-13(10-15)4-1-2-9-20/h3,5-8,10-11,20H,2,9,12H2. The highest BCUT2D eigenvalue weighted by Crippen LogP contribution is 2.18. The van der Waals surface area contributed by atoms with Crippen LogP contribution < -0.4 is 4.74 Å². The monoisotopic (exact) mass is 304 g/mol. The summed E-state index contributed by atoms with van der Waals surface area (Å²) in [6.07, 6.45) is 0.444. The van der Waals surface area contributed by atoms with E-state index in [1.54, 1.807) is 12.1 Å². The Kier molecular flexibility index (Phi) is 5.62. The minimum Gasteiger partial charge on any atom is -0.489 e. The van der Waals surface area contributed by atoms with E-state index < -0.39 is 5.82 Å². The first-order valence-corrected chi connectivity index (χ1v) is 6.83. The van der Waals surface area contributed by atoms with Gasteiger partial charge in [0.05, 0.1) is 11.6 Å². The maximum absolute atomic E-state index is 13.1. The van der Waals surface area contributed by atoms with E-state index in [4.69, 9.17) is 21.4 Å². The van der Waals surface area contributed by atoms with Crippen LogP contribution in [0, 0.1) is 17.7 Å². The summed E-state index contributed by atoms with van der Waals surface area (Å²) in [6, 6.07) is 11.8. The molecular formula is C17H14ClFO2. The number of aliphatic hydroxyl groups is 1. The molecule has 0 aliphatic carbocycles. The van der Waals surface area contributed by atoms with Crippen molar-refractivity contribution in [2.45, 2.75) is 13.0 Å². The van der Waals surface area contributed by atoms with Crippen molar-refractivity contribution in [2.24, 2.45) is 0 Å². The first-order valence-electron chi connectivity index (χ1n) is 6.45. The van der Waals surface area contributed by atoms with Crippen LogP contribution in [0.1, 0.15) is 17.5 Å². The molecule has 2 rings (SSSR count). The van der Waals surface area contributed by atoms with Crippen molar-refractivity contribution in [1.82, 2.24) is 0 Å². The fraction of sp³-hybridized carbons (Fsp3) is 0.176. The normalized spacial score (nSPS) is 9.86. The van der Waals surface area contributed by atoms with Crippen molar-refractivity contribution < 1.29 is 14.2 Å². The highest BCUT2D eigenvalue weighted by molar-refractivity contribution is 6.30. The van der Waals surface area contributed by atoms with Crippen molar-refractivity contribution >= 4 is 11.6 Å². The van der Waals surface area contributed by atoms with Crippen LogP contribution in [0.5, 0.6) is 5.75 Å². The van der Waals surface area contributed by atoms with Gasteiger partial charge in [0.1, 0.15) is 18.2 Å². The second-order valence-corrected chi connectivity index (χ2v) is 4.75. The fourth-order valence-electron chi connectivity index (χ4n) is 1.68. The van der Waals surface area contributed by atoms with Gasteiger partial charge >= 0.3 is 0 Å². The number of hydrogen-bond acceptors (Lipinski definition) is 2. The maximum Gasteiger partial charge on any atom is 0.141 e. The van der Waals surface area contributed by atoms with Crippen LogP contribution in [-0.2, 0) is 6.61 Å². The first-order chi connectivity index (χ1) is 10.2. The summed E-state index contributed by atoms with van der Waals surface area (Å²) in [4.78, 5) is 0. The molecule has 0 fully saturated rings. The molecule has 0 saturated heterocycles. The van der Waals surface area contributed by atoms with Gasteiger partial charge in [0, 0.05) is 12.0 Å². The molecule has 0 amide bonds. The van der Waals surface area contributed by atoms with E-state index >= 15 is 0 Å². The van der Waals surface area contributed by atoms with Crippen LogP contribution in [0.25, 0.3) is 0 Å². The van der Waals surface area contributed by atoms with E-state index in [0.29, 0.717) is 18.8 Å². The maximum atomic E-state index is 13.1. The van der Waals surface area contributed by atoms with Gasteiger partial charge in [-0.15, -0.1) is 0 Å². The summed E-state index contributed by atoms with van der Waals surface area (Å²) in [5.74, 6) is 6.02. The molecule has 0 heterocycles. The SMILES string of the molecule is OCCC#Cc1cccc(OCc2ccc(F)c(Cl)c2)c1. The third-order valence-electron chi connectivity index (χ3n) is 2.69. The van der Waals surface area contributed by atoms with E-state index in [1.165, 1.54) is 6.07 Å². The lowest BCUT2D eigenvalue weighted by Gasteiger charge is -2.07. The largest absolute Gasteiger partial charge is 0.489 e. The molecular weight excluding hydrogens is 291 g/mol. The van der Waals surface area contributed by atoms with Crippen molar-refractivity contribution in [3.8, 4) is 17.6 Å². The topological polar surface area (TPSA) is 29.5 Å².